The molecule has 0 saturated heterocycles. The Morgan fingerprint density at radius 3 is 2.39 bits per heavy atom. The average Bonchev–Trinajstić information content (AvgIpc) is 3.37. The highest BCUT2D eigenvalue weighted by molar-refractivity contribution is 9.10. The van der Waals surface area contributed by atoms with E-state index < -0.39 is 0 Å². The Morgan fingerprint density at radius 1 is 0.868 bits per heavy atom. The molecule has 1 atom stereocenters. The lowest BCUT2D eigenvalue weighted by molar-refractivity contribution is 0.171. The van der Waals surface area contributed by atoms with Crippen LogP contribution < -0.4 is 9.47 Å². The molecule has 3 aromatic carbocycles. The van der Waals surface area contributed by atoms with Gasteiger partial charge in [-0.25, -0.2) is 4.99 Å². The van der Waals surface area contributed by atoms with Crippen LogP contribution in [0.25, 0.3) is 11.8 Å². The van der Waals surface area contributed by atoms with Gasteiger partial charge in [0.2, 0.25) is 0 Å². The van der Waals surface area contributed by atoms with Gasteiger partial charge >= 0.3 is 0 Å². The zero-order chi connectivity index (χ0) is 25.6. The van der Waals surface area contributed by atoms with Crippen molar-refractivity contribution in [3.63, 3.8) is 0 Å². The van der Waals surface area contributed by atoms with E-state index in [0.29, 0.717) is 13.2 Å². The molecule has 0 unspecified atom stereocenters. The van der Waals surface area contributed by atoms with E-state index in [2.05, 4.69) is 109 Å². The quantitative estimate of drug-likeness (QED) is 0.284. The van der Waals surface area contributed by atoms with Crippen molar-refractivity contribution in [1.82, 2.24) is 4.90 Å². The van der Waals surface area contributed by atoms with Gasteiger partial charge in [-0.15, -0.1) is 0 Å². The zero-order valence-corrected chi connectivity index (χ0v) is 24.5. The first-order chi connectivity index (χ1) is 18.6. The minimum Gasteiger partial charge on any atom is -0.486 e. The molecule has 0 bridgehead atoms. The summed E-state index contributed by atoms with van der Waals surface area (Å²) in [7, 11) is 0. The molecule has 38 heavy (non-hydrogen) atoms. The summed E-state index contributed by atoms with van der Waals surface area (Å²) in [5.41, 5.74) is 8.59. The van der Waals surface area contributed by atoms with Gasteiger partial charge in [-0.05, 0) is 90.1 Å². The van der Waals surface area contributed by atoms with Crippen LogP contribution in [-0.4, -0.2) is 23.3 Å². The molecule has 3 heterocycles. The molecule has 3 aliphatic heterocycles. The first kappa shape index (κ1) is 24.3. The van der Waals surface area contributed by atoms with Gasteiger partial charge in [-0.1, -0.05) is 67.9 Å². The van der Waals surface area contributed by atoms with E-state index >= 15 is 0 Å². The van der Waals surface area contributed by atoms with Gasteiger partial charge < -0.3 is 14.4 Å². The van der Waals surface area contributed by atoms with Crippen molar-refractivity contribution in [1.29, 1.82) is 0 Å². The number of halogens is 2. The molecule has 0 radical (unpaired) electrons. The molecule has 3 aromatic rings. The Morgan fingerprint density at radius 2 is 1.61 bits per heavy atom. The predicted octanol–water partition coefficient (Wildman–Crippen LogP) is 8.96. The van der Waals surface area contributed by atoms with Crippen LogP contribution in [0, 0.1) is 0 Å². The Labute approximate surface area is 243 Å². The Hall–Kier alpha value is -2.74. The molecule has 4 aliphatic rings. The highest BCUT2D eigenvalue weighted by Crippen LogP contribution is 2.51. The highest BCUT2D eigenvalue weighted by Gasteiger charge is 2.40. The van der Waals surface area contributed by atoms with E-state index in [1.165, 1.54) is 22.3 Å². The first-order valence-corrected chi connectivity index (χ1v) is 15.2. The van der Waals surface area contributed by atoms with Crippen LogP contribution in [-0.2, 0) is 0 Å². The lowest BCUT2D eigenvalue weighted by Gasteiger charge is -2.40. The van der Waals surface area contributed by atoms with Crippen molar-refractivity contribution in [2.45, 2.75) is 25.3 Å². The third kappa shape index (κ3) is 4.44. The maximum Gasteiger partial charge on any atom is 0.174 e. The maximum absolute atomic E-state index is 5.92. The van der Waals surface area contributed by atoms with Crippen LogP contribution in [0.15, 0.2) is 103 Å². The van der Waals surface area contributed by atoms with Crippen molar-refractivity contribution in [2.75, 3.05) is 13.2 Å². The fourth-order valence-electron chi connectivity index (χ4n) is 5.53. The number of benzene rings is 3. The zero-order valence-electron chi connectivity index (χ0n) is 20.5. The number of aliphatic imine (C=N–C) groups is 1. The van der Waals surface area contributed by atoms with Crippen LogP contribution >= 0.6 is 43.6 Å². The number of fused-ring (bicyclic) bond motifs is 2. The van der Waals surface area contributed by atoms with E-state index in [9.17, 15) is 0 Å². The van der Waals surface area contributed by atoms with Crippen molar-refractivity contribution < 1.29 is 9.47 Å². The van der Waals surface area contributed by atoms with E-state index in [-0.39, 0.29) is 6.04 Å². The summed E-state index contributed by atoms with van der Waals surface area (Å²) in [5.74, 6) is 1.61. The maximum atomic E-state index is 5.92. The number of ether oxygens (including phenoxy) is 2. The van der Waals surface area contributed by atoms with E-state index in [1.54, 1.807) is 11.8 Å². The summed E-state index contributed by atoms with van der Waals surface area (Å²) < 4.78 is 13.9. The predicted molar refractivity (Wildman–Crippen MR) is 162 cm³/mol. The number of allylic oxidation sites excluding steroid dienone is 1. The molecule has 0 amide bonds. The van der Waals surface area contributed by atoms with Crippen LogP contribution in [0.2, 0.25) is 0 Å². The largest absolute Gasteiger partial charge is 0.486 e. The Bertz CT molecular complexity index is 1540. The van der Waals surface area contributed by atoms with Gasteiger partial charge in [-0.3, -0.25) is 0 Å². The SMILES string of the molecule is Brc1ccc(/C=C2\CCCC3=C2N=C2SC=C(c4ccc5c(c4)OCCO5)N2[C@H]3c2ccc(Br)cc2)cc1. The summed E-state index contributed by atoms with van der Waals surface area (Å²) >= 11 is 8.88. The summed E-state index contributed by atoms with van der Waals surface area (Å²) in [4.78, 5) is 7.73. The van der Waals surface area contributed by atoms with Crippen LogP contribution in [0.4, 0.5) is 0 Å². The van der Waals surface area contributed by atoms with Crippen LogP contribution in [0.5, 0.6) is 11.5 Å². The molecule has 0 aromatic heterocycles. The lowest BCUT2D eigenvalue weighted by atomic mass is 9.83. The second-order valence-electron chi connectivity index (χ2n) is 9.65. The van der Waals surface area contributed by atoms with Gasteiger partial charge in [0, 0.05) is 19.9 Å². The molecular weight excluding hydrogens is 624 g/mol. The number of hydrogen-bond acceptors (Lipinski definition) is 5. The van der Waals surface area contributed by atoms with Gasteiger partial charge in [0.05, 0.1) is 17.4 Å². The normalized spacial score (nSPS) is 21.2. The van der Waals surface area contributed by atoms with Crippen molar-refractivity contribution >= 4 is 60.6 Å². The standard InChI is InChI=1S/C31H24Br2N2O2S/c32-23-9-4-19(5-10-23)16-22-2-1-3-25-29(22)34-31-35(30(25)20-6-11-24(33)12-7-20)26(18-38-31)21-8-13-27-28(17-21)37-15-14-36-27/h4-13,16-18,30H,1-3,14-15H2/b22-16+/t30-/m0/s1. The number of hydrogen-bond donors (Lipinski definition) is 0. The third-order valence-electron chi connectivity index (χ3n) is 7.27. The summed E-state index contributed by atoms with van der Waals surface area (Å²) in [5, 5.41) is 3.25. The third-order valence-corrected chi connectivity index (χ3v) is 9.17. The molecule has 0 fully saturated rings. The molecule has 4 nitrogen and oxygen atoms in total. The first-order valence-electron chi connectivity index (χ1n) is 12.7. The number of rotatable bonds is 3. The van der Waals surface area contributed by atoms with Crippen molar-refractivity contribution in [3.8, 4) is 11.5 Å². The minimum atomic E-state index is 0.0775. The second-order valence-corrected chi connectivity index (χ2v) is 12.3. The van der Waals surface area contributed by atoms with Crippen LogP contribution in [0.3, 0.4) is 0 Å². The fourth-order valence-corrected chi connectivity index (χ4v) is 6.99. The number of amidine groups is 1. The fraction of sp³-hybridized carbons (Fsp3) is 0.194. The van der Waals surface area contributed by atoms with Gasteiger partial charge in [0.15, 0.2) is 16.7 Å². The van der Waals surface area contributed by atoms with E-state index in [0.717, 1.165) is 61.8 Å². The summed E-state index contributed by atoms with van der Waals surface area (Å²) in [6, 6.07) is 23.6. The number of thioether (sulfide) groups is 1. The molecule has 0 spiro atoms. The van der Waals surface area contributed by atoms with Crippen LogP contribution in [0.1, 0.15) is 42.0 Å². The molecule has 7 rings (SSSR count). The molecule has 0 N–H and O–H groups in total. The van der Waals surface area contributed by atoms with Gasteiger partial charge in [-0.2, -0.15) is 0 Å². The Kier molecular flexibility index (Phi) is 6.46. The average molecular weight is 648 g/mol. The van der Waals surface area contributed by atoms with Gasteiger partial charge in [0.1, 0.15) is 13.2 Å². The van der Waals surface area contributed by atoms with E-state index in [1.807, 2.05) is 6.07 Å². The summed E-state index contributed by atoms with van der Waals surface area (Å²) in [6.07, 6.45) is 5.49. The monoisotopic (exact) mass is 646 g/mol. The van der Waals surface area contributed by atoms with Crippen molar-refractivity contribution in [3.05, 3.63) is 115 Å². The van der Waals surface area contributed by atoms with Gasteiger partial charge in [0.25, 0.3) is 0 Å². The summed E-state index contributed by atoms with van der Waals surface area (Å²) in [6.45, 7) is 1.17. The topological polar surface area (TPSA) is 34.1 Å². The molecule has 7 heteroatoms. The van der Waals surface area contributed by atoms with Crippen molar-refractivity contribution in [2.24, 2.45) is 4.99 Å². The number of nitrogens with zero attached hydrogens (tertiary/aromatic N) is 2. The molecule has 0 saturated carbocycles. The second kappa shape index (κ2) is 10.1. The molecule has 190 valence electrons. The van der Waals surface area contributed by atoms with E-state index in [4.69, 9.17) is 14.5 Å². The Balaban J connectivity index is 1.34. The lowest BCUT2D eigenvalue weighted by Crippen LogP contribution is -2.34. The highest BCUT2D eigenvalue weighted by atomic mass is 79.9. The minimum absolute atomic E-state index is 0.0775. The molecule has 1 aliphatic carbocycles. The molecular formula is C31H24Br2N2O2S. The smallest absolute Gasteiger partial charge is 0.174 e.